The molecule has 1 atom stereocenters. The number of nitrogens with zero attached hydrogens (tertiary/aromatic N) is 2. The van der Waals surface area contributed by atoms with Gasteiger partial charge < -0.3 is 0 Å². The predicted octanol–water partition coefficient (Wildman–Crippen LogP) is 7.52. The Morgan fingerprint density at radius 2 is 1.29 bits per heavy atom. The number of rotatable bonds is 4. The molecule has 0 aromatic heterocycles. The van der Waals surface area contributed by atoms with E-state index in [4.69, 9.17) is 4.90 Å². The first-order valence-corrected chi connectivity index (χ1v) is 21.5. The zero-order valence-corrected chi connectivity index (χ0v) is 23.8. The third-order valence-corrected chi connectivity index (χ3v) is 11.7. The van der Waals surface area contributed by atoms with Gasteiger partial charge >= 0.3 is 195 Å². The van der Waals surface area contributed by atoms with Crippen LogP contribution in [0.3, 0.4) is 0 Å². The standard InChI is InChI=1S/C24H30BN2.3CH3.Sn/c1-23(2,3)22-18-26-25(24(4,5)6)27(22)21(20-15-11-8-12-16-20)17-19-13-9-7-10-14-19;;;;/h7-16,18,22H,1-6H3;3*1H3;. The van der Waals surface area contributed by atoms with Crippen LogP contribution >= 0.6 is 0 Å². The first-order valence-electron chi connectivity index (χ1n) is 11.5. The maximum atomic E-state index is 5.13. The van der Waals surface area contributed by atoms with Crippen molar-refractivity contribution in [3.8, 4) is 0 Å². The van der Waals surface area contributed by atoms with Crippen molar-refractivity contribution in [2.75, 3.05) is 0 Å². The summed E-state index contributed by atoms with van der Waals surface area (Å²) < 4.78 is 1.58. The van der Waals surface area contributed by atoms with Gasteiger partial charge in [0.1, 0.15) is 0 Å². The van der Waals surface area contributed by atoms with Crippen molar-refractivity contribution in [3.05, 3.63) is 71.8 Å². The molecule has 0 spiro atoms. The first-order chi connectivity index (χ1) is 14.3. The Bertz CT molecular complexity index is 921. The van der Waals surface area contributed by atoms with Crippen LogP contribution in [-0.4, -0.2) is 42.4 Å². The van der Waals surface area contributed by atoms with Gasteiger partial charge in [0, 0.05) is 0 Å². The fourth-order valence-corrected chi connectivity index (χ4v) is 10.3. The Morgan fingerprint density at radius 3 is 1.71 bits per heavy atom. The summed E-state index contributed by atoms with van der Waals surface area (Å²) in [6.45, 7) is 14.1. The summed E-state index contributed by atoms with van der Waals surface area (Å²) >= 11 is -2.60. The van der Waals surface area contributed by atoms with Gasteiger partial charge in [-0.2, -0.15) is 0 Å². The number of hydrogen-bond donors (Lipinski definition) is 0. The van der Waals surface area contributed by atoms with Gasteiger partial charge in [0.2, 0.25) is 0 Å². The molecule has 1 aliphatic rings. The van der Waals surface area contributed by atoms with Crippen molar-refractivity contribution >= 4 is 40.9 Å². The van der Waals surface area contributed by atoms with Crippen LogP contribution in [0.4, 0.5) is 0 Å². The summed E-state index contributed by atoms with van der Waals surface area (Å²) in [4.78, 5) is 15.4. The molecule has 0 saturated carbocycles. The predicted molar refractivity (Wildman–Crippen MR) is 142 cm³/mol. The molecule has 2 nitrogen and oxygen atoms in total. The fraction of sp³-hybridized carbons (Fsp3) is 0.444. The van der Waals surface area contributed by atoms with Gasteiger partial charge in [-0.1, -0.05) is 0 Å². The molecular weight excluding hydrogens is 482 g/mol. The summed E-state index contributed by atoms with van der Waals surface area (Å²) in [6, 6.07) is 22.4. The molecule has 164 valence electrons. The molecule has 0 radical (unpaired) electrons. The van der Waals surface area contributed by atoms with Crippen molar-refractivity contribution in [1.82, 2.24) is 4.81 Å². The van der Waals surface area contributed by atoms with Crippen LogP contribution in [0.1, 0.15) is 52.7 Å². The van der Waals surface area contributed by atoms with Crippen LogP contribution in [0, 0.1) is 5.41 Å². The summed E-state index contributed by atoms with van der Waals surface area (Å²) in [5.41, 5.74) is 4.16. The fourth-order valence-electron chi connectivity index (χ4n) is 4.55. The van der Waals surface area contributed by atoms with Crippen LogP contribution in [0.15, 0.2) is 65.6 Å². The molecule has 1 heterocycles. The van der Waals surface area contributed by atoms with Crippen molar-refractivity contribution in [2.45, 2.75) is 67.7 Å². The average Bonchev–Trinajstić information content (AvgIpc) is 3.12. The van der Waals surface area contributed by atoms with E-state index in [0.717, 1.165) is 0 Å². The van der Waals surface area contributed by atoms with Crippen LogP contribution in [0.5, 0.6) is 0 Å². The molecule has 1 unspecified atom stereocenters. The summed E-state index contributed by atoms with van der Waals surface area (Å²) in [5.74, 6) is 0. The van der Waals surface area contributed by atoms with Crippen LogP contribution in [0.2, 0.25) is 20.1 Å². The number of hydrogen-bond acceptors (Lipinski definition) is 2. The van der Waals surface area contributed by atoms with E-state index in [0.29, 0.717) is 0 Å². The summed E-state index contributed by atoms with van der Waals surface area (Å²) in [5, 5.41) is 0.0335. The van der Waals surface area contributed by atoms with Gasteiger partial charge in [-0.15, -0.1) is 0 Å². The Kier molecular flexibility index (Phi) is 6.86. The zero-order valence-electron chi connectivity index (χ0n) is 20.9. The second-order valence-corrected chi connectivity index (χ2v) is 26.2. The van der Waals surface area contributed by atoms with Gasteiger partial charge in [-0.05, 0) is 0 Å². The molecule has 0 aliphatic carbocycles. The molecule has 2 aromatic rings. The Morgan fingerprint density at radius 1 is 0.806 bits per heavy atom. The van der Waals surface area contributed by atoms with E-state index in [1.165, 1.54) is 16.8 Å². The topological polar surface area (TPSA) is 15.6 Å². The molecule has 0 saturated heterocycles. The molecule has 1 aliphatic heterocycles. The molecule has 0 amide bonds. The molecule has 0 bridgehead atoms. The van der Waals surface area contributed by atoms with Crippen LogP contribution in [-0.2, 0) is 0 Å². The molecule has 4 heteroatoms. The van der Waals surface area contributed by atoms with E-state index in [2.05, 4.69) is 128 Å². The van der Waals surface area contributed by atoms with Crippen molar-refractivity contribution in [2.24, 2.45) is 10.3 Å². The van der Waals surface area contributed by atoms with Gasteiger partial charge in [-0.25, -0.2) is 0 Å². The first kappa shape index (κ1) is 24.2. The van der Waals surface area contributed by atoms with E-state index in [9.17, 15) is 0 Å². The third-order valence-electron chi connectivity index (χ3n) is 5.95. The monoisotopic (exact) mass is 522 g/mol. The van der Waals surface area contributed by atoms with Crippen LogP contribution < -0.4 is 0 Å². The van der Waals surface area contributed by atoms with Gasteiger partial charge in [0.25, 0.3) is 0 Å². The quantitative estimate of drug-likeness (QED) is 0.300. The van der Waals surface area contributed by atoms with E-state index in [-0.39, 0.29) is 23.8 Å². The minimum absolute atomic E-state index is 0.0335. The molecule has 0 fully saturated rings. The molecule has 3 rings (SSSR count). The number of benzene rings is 2. The van der Waals surface area contributed by atoms with Gasteiger partial charge in [0.15, 0.2) is 0 Å². The summed E-state index contributed by atoms with van der Waals surface area (Å²) in [7, 11) is 0. The van der Waals surface area contributed by atoms with Gasteiger partial charge in [-0.3, -0.25) is 0 Å². The summed E-state index contributed by atoms with van der Waals surface area (Å²) in [6.07, 6.45) is 2.22. The van der Waals surface area contributed by atoms with E-state index in [1.54, 1.807) is 3.59 Å². The van der Waals surface area contributed by atoms with E-state index in [1.807, 2.05) is 0 Å². The molecule has 0 N–H and O–H groups in total. The maximum absolute atomic E-state index is 5.13. The second kappa shape index (κ2) is 8.80. The van der Waals surface area contributed by atoms with Crippen LogP contribution in [0.25, 0.3) is 9.29 Å². The minimum atomic E-state index is -2.60. The Labute approximate surface area is 194 Å². The van der Waals surface area contributed by atoms with Crippen molar-refractivity contribution < 1.29 is 0 Å². The van der Waals surface area contributed by atoms with E-state index < -0.39 is 18.4 Å². The molecule has 31 heavy (non-hydrogen) atoms. The SMILES string of the molecule is CC(C)(C)B1N=CC(C(C)(C)C)N1/C(=[C](/c1ccccc1)[Sn]([CH3])([CH3])[CH3])c1ccccc1. The normalized spacial score (nSPS) is 18.4. The Balaban J connectivity index is 2.41. The average molecular weight is 521 g/mol. The van der Waals surface area contributed by atoms with Crippen molar-refractivity contribution in [3.63, 3.8) is 0 Å². The van der Waals surface area contributed by atoms with Gasteiger partial charge in [0.05, 0.1) is 0 Å². The molecular formula is C27H39BN2Sn. The third kappa shape index (κ3) is 5.30. The van der Waals surface area contributed by atoms with Crippen molar-refractivity contribution in [1.29, 1.82) is 0 Å². The Hall–Kier alpha value is -1.49. The van der Waals surface area contributed by atoms with E-state index >= 15 is 0 Å². The second-order valence-electron chi connectivity index (χ2n) is 12.0. The zero-order chi connectivity index (χ0) is 23.0. The molecule has 2 aromatic carbocycles.